The van der Waals surface area contributed by atoms with Gasteiger partial charge in [-0.25, -0.2) is 4.79 Å². The first kappa shape index (κ1) is 13.9. The molecule has 0 aromatic heterocycles. The molecular formula is C20H20N2O2. The quantitative estimate of drug-likeness (QED) is 0.923. The van der Waals surface area contributed by atoms with Crippen molar-refractivity contribution < 1.29 is 9.53 Å². The fourth-order valence-corrected chi connectivity index (χ4v) is 3.87. The Balaban J connectivity index is 1.62. The van der Waals surface area contributed by atoms with Crippen molar-refractivity contribution in [3.05, 3.63) is 70.6 Å². The molecule has 1 fully saturated rings. The Hall–Kier alpha value is -2.49. The number of hydrogen-bond donors (Lipinski definition) is 1. The summed E-state index contributed by atoms with van der Waals surface area (Å²) in [6.07, 6.45) is 7.55. The molecule has 0 radical (unpaired) electrons. The highest BCUT2D eigenvalue weighted by atomic mass is 16.5. The number of allylic oxidation sites excluding steroid dienone is 1. The summed E-state index contributed by atoms with van der Waals surface area (Å²) in [5.74, 6) is 1.59. The van der Waals surface area contributed by atoms with Gasteiger partial charge in [-0.15, -0.1) is 0 Å². The molecule has 24 heavy (non-hydrogen) atoms. The van der Waals surface area contributed by atoms with E-state index in [9.17, 15) is 4.79 Å². The van der Waals surface area contributed by atoms with Gasteiger partial charge in [0, 0.05) is 12.1 Å². The molecule has 2 amide bonds. The van der Waals surface area contributed by atoms with Gasteiger partial charge >= 0.3 is 6.03 Å². The third-order valence-electron chi connectivity index (χ3n) is 5.26. The van der Waals surface area contributed by atoms with Crippen molar-refractivity contribution >= 4 is 6.03 Å². The fraction of sp³-hybridized carbons (Fsp3) is 0.350. The van der Waals surface area contributed by atoms with Crippen molar-refractivity contribution in [3.63, 3.8) is 0 Å². The Morgan fingerprint density at radius 2 is 2.00 bits per heavy atom. The lowest BCUT2D eigenvalue weighted by Gasteiger charge is -2.39. The van der Waals surface area contributed by atoms with Crippen LogP contribution in [-0.2, 0) is 4.74 Å². The number of carbonyl (C=O) groups is 1. The molecular weight excluding hydrogens is 300 g/mol. The molecule has 4 heteroatoms. The molecule has 122 valence electrons. The zero-order valence-corrected chi connectivity index (χ0v) is 13.5. The van der Waals surface area contributed by atoms with Gasteiger partial charge in [0.05, 0.1) is 11.7 Å². The summed E-state index contributed by atoms with van der Waals surface area (Å²) in [6.45, 7) is 1.42. The maximum absolute atomic E-state index is 12.9. The van der Waals surface area contributed by atoms with E-state index >= 15 is 0 Å². The van der Waals surface area contributed by atoms with Gasteiger partial charge in [0.2, 0.25) is 0 Å². The molecule has 0 spiro atoms. The molecule has 1 aromatic carbocycles. The minimum absolute atomic E-state index is 0.0172. The zero-order valence-electron chi connectivity index (χ0n) is 13.5. The van der Waals surface area contributed by atoms with Gasteiger partial charge in [-0.05, 0) is 48.5 Å². The Labute approximate surface area is 141 Å². The average molecular weight is 320 g/mol. The van der Waals surface area contributed by atoms with Gasteiger partial charge < -0.3 is 10.1 Å². The van der Waals surface area contributed by atoms with E-state index in [0.717, 1.165) is 35.6 Å². The molecule has 5 rings (SSSR count). The summed E-state index contributed by atoms with van der Waals surface area (Å²) in [6, 6.07) is 10.2. The monoisotopic (exact) mass is 320 g/mol. The third kappa shape index (κ3) is 2.17. The second-order valence-corrected chi connectivity index (χ2v) is 6.92. The number of amides is 2. The second-order valence-electron chi connectivity index (χ2n) is 6.92. The highest BCUT2D eigenvalue weighted by Gasteiger charge is 2.40. The van der Waals surface area contributed by atoms with Gasteiger partial charge in [-0.3, -0.25) is 4.90 Å². The van der Waals surface area contributed by atoms with Crippen LogP contribution in [0.25, 0.3) is 0 Å². The van der Waals surface area contributed by atoms with Crippen LogP contribution < -0.4 is 5.32 Å². The Morgan fingerprint density at radius 3 is 2.79 bits per heavy atom. The van der Waals surface area contributed by atoms with Crippen molar-refractivity contribution in [2.24, 2.45) is 5.92 Å². The van der Waals surface area contributed by atoms with Crippen LogP contribution >= 0.6 is 0 Å². The highest BCUT2D eigenvalue weighted by molar-refractivity contribution is 5.82. The second kappa shape index (κ2) is 5.26. The minimum Gasteiger partial charge on any atom is -0.489 e. The average Bonchev–Trinajstić information content (AvgIpc) is 3.30. The smallest absolute Gasteiger partial charge is 0.322 e. The number of benzene rings is 1. The molecule has 1 atom stereocenters. The van der Waals surface area contributed by atoms with Gasteiger partial charge in [0.25, 0.3) is 0 Å². The lowest BCUT2D eigenvalue weighted by Crippen LogP contribution is -2.48. The Kier molecular flexibility index (Phi) is 3.05. The summed E-state index contributed by atoms with van der Waals surface area (Å²) in [4.78, 5) is 14.8. The Morgan fingerprint density at radius 1 is 1.17 bits per heavy atom. The van der Waals surface area contributed by atoms with Crippen molar-refractivity contribution in [3.8, 4) is 0 Å². The van der Waals surface area contributed by atoms with Crippen molar-refractivity contribution in [1.82, 2.24) is 10.2 Å². The van der Waals surface area contributed by atoms with Crippen molar-refractivity contribution in [2.75, 3.05) is 13.2 Å². The maximum Gasteiger partial charge on any atom is 0.322 e. The molecule has 2 aliphatic carbocycles. The molecule has 1 aromatic rings. The van der Waals surface area contributed by atoms with Crippen LogP contribution in [0.3, 0.4) is 0 Å². The van der Waals surface area contributed by atoms with Crippen LogP contribution in [0.2, 0.25) is 0 Å². The zero-order chi connectivity index (χ0) is 16.1. The van der Waals surface area contributed by atoms with Crippen LogP contribution in [0.1, 0.15) is 30.9 Å². The molecule has 1 saturated carbocycles. The summed E-state index contributed by atoms with van der Waals surface area (Å²) >= 11 is 0. The van der Waals surface area contributed by atoms with Crippen molar-refractivity contribution in [2.45, 2.75) is 25.3 Å². The van der Waals surface area contributed by atoms with Gasteiger partial charge in [0.1, 0.15) is 12.4 Å². The molecule has 1 N–H and O–H groups in total. The third-order valence-corrected chi connectivity index (χ3v) is 5.26. The number of fused-ring (bicyclic) bond motifs is 2. The standard InChI is InChI=1S/C20H20N2O2/c23-20-21-18(14-4-2-1-3-5-14)16-8-9-17-15(10-11-24-17)19(16)22(20)12-13-6-7-13/h1-5,9-10,13,18H,6-8,11-12H2,(H,21,23). The molecule has 0 saturated heterocycles. The molecule has 1 unspecified atom stereocenters. The van der Waals surface area contributed by atoms with Crippen molar-refractivity contribution in [1.29, 1.82) is 0 Å². The van der Waals surface area contributed by atoms with Crippen LogP contribution in [0, 0.1) is 5.92 Å². The number of nitrogens with one attached hydrogen (secondary N) is 1. The van der Waals surface area contributed by atoms with E-state index in [1.165, 1.54) is 18.4 Å². The van der Waals surface area contributed by atoms with Crippen LogP contribution in [0.4, 0.5) is 4.79 Å². The first-order valence-electron chi connectivity index (χ1n) is 8.71. The van der Waals surface area contributed by atoms with Crippen LogP contribution in [0.5, 0.6) is 0 Å². The number of urea groups is 1. The molecule has 2 heterocycles. The van der Waals surface area contributed by atoms with E-state index in [-0.39, 0.29) is 12.1 Å². The van der Waals surface area contributed by atoms with E-state index in [0.29, 0.717) is 12.5 Å². The molecule has 0 bridgehead atoms. The Bertz CT molecular complexity index is 787. The van der Waals surface area contributed by atoms with E-state index in [2.05, 4.69) is 29.6 Å². The first-order valence-corrected chi connectivity index (χ1v) is 8.71. The van der Waals surface area contributed by atoms with E-state index in [1.807, 2.05) is 23.1 Å². The summed E-state index contributed by atoms with van der Waals surface area (Å²) in [7, 11) is 0. The number of hydrogen-bond acceptors (Lipinski definition) is 2. The molecule has 4 aliphatic rings. The largest absolute Gasteiger partial charge is 0.489 e. The van der Waals surface area contributed by atoms with Crippen LogP contribution in [0.15, 0.2) is 65.1 Å². The lowest BCUT2D eigenvalue weighted by atomic mass is 9.86. The van der Waals surface area contributed by atoms with Gasteiger partial charge in [-0.1, -0.05) is 30.3 Å². The van der Waals surface area contributed by atoms with Gasteiger partial charge in [0.15, 0.2) is 0 Å². The maximum atomic E-state index is 12.9. The topological polar surface area (TPSA) is 41.6 Å². The number of nitrogens with zero attached hydrogens (tertiary/aromatic N) is 1. The number of ether oxygens (including phenoxy) is 1. The van der Waals surface area contributed by atoms with E-state index < -0.39 is 0 Å². The first-order chi connectivity index (χ1) is 11.8. The summed E-state index contributed by atoms with van der Waals surface area (Å²) in [5.41, 5.74) is 4.62. The predicted octanol–water partition coefficient (Wildman–Crippen LogP) is 3.66. The fourth-order valence-electron chi connectivity index (χ4n) is 3.87. The van der Waals surface area contributed by atoms with Crippen LogP contribution in [-0.4, -0.2) is 24.1 Å². The number of rotatable bonds is 3. The normalized spacial score (nSPS) is 25.4. The van der Waals surface area contributed by atoms with Gasteiger partial charge in [-0.2, -0.15) is 0 Å². The summed E-state index contributed by atoms with van der Waals surface area (Å²) in [5, 5.41) is 3.23. The molecule has 2 aliphatic heterocycles. The minimum atomic E-state index is -0.0524. The predicted molar refractivity (Wildman–Crippen MR) is 90.9 cm³/mol. The highest BCUT2D eigenvalue weighted by Crippen LogP contribution is 2.44. The van der Waals surface area contributed by atoms with E-state index in [4.69, 9.17) is 4.74 Å². The van der Waals surface area contributed by atoms with E-state index in [1.54, 1.807) is 0 Å². The summed E-state index contributed by atoms with van der Waals surface area (Å²) < 4.78 is 5.73. The SMILES string of the molecule is O=C1NC(c2ccccc2)C2=C(C3=CCOC3=CC2)N1CC1CC1. The lowest BCUT2D eigenvalue weighted by molar-refractivity contribution is 0.199. The number of carbonyl (C=O) groups excluding carboxylic acids is 1. The molecule has 4 nitrogen and oxygen atoms in total.